The zero-order valence-corrected chi connectivity index (χ0v) is 10.6. The van der Waals surface area contributed by atoms with E-state index in [1.807, 2.05) is 20.8 Å². The number of nitrogens with two attached hydrogens (primary N) is 1. The van der Waals surface area contributed by atoms with E-state index in [1.54, 1.807) is 0 Å². The predicted octanol–water partition coefficient (Wildman–Crippen LogP) is 1.05. The molecule has 0 bridgehead atoms. The highest BCUT2D eigenvalue weighted by Gasteiger charge is 2.27. The summed E-state index contributed by atoms with van der Waals surface area (Å²) in [5.41, 5.74) is 5.66. The van der Waals surface area contributed by atoms with Gasteiger partial charge in [0.15, 0.2) is 0 Å². The van der Waals surface area contributed by atoms with Gasteiger partial charge in [0.05, 0.1) is 12.1 Å². The van der Waals surface area contributed by atoms with E-state index >= 15 is 0 Å². The van der Waals surface area contributed by atoms with Gasteiger partial charge in [-0.1, -0.05) is 20.8 Å². The third-order valence-corrected chi connectivity index (χ3v) is 2.99. The molecule has 1 amide bonds. The minimum absolute atomic E-state index is 0.0818. The molecule has 0 aliphatic carbocycles. The van der Waals surface area contributed by atoms with Crippen LogP contribution in [0.2, 0.25) is 0 Å². The van der Waals surface area contributed by atoms with Gasteiger partial charge in [-0.3, -0.25) is 4.79 Å². The Bertz CT molecular complexity index is 230. The SMILES string of the molecule is CC(C)(C)[C@@H](N)C(=O)NCC1CCCCO1. The number of carbonyl (C=O) groups is 1. The molecule has 1 fully saturated rings. The van der Waals surface area contributed by atoms with Crippen molar-refractivity contribution in [1.29, 1.82) is 0 Å². The summed E-state index contributed by atoms with van der Waals surface area (Å²) < 4.78 is 5.54. The number of hydrogen-bond acceptors (Lipinski definition) is 3. The van der Waals surface area contributed by atoms with Crippen molar-refractivity contribution in [1.82, 2.24) is 5.32 Å². The van der Waals surface area contributed by atoms with Crippen LogP contribution in [0, 0.1) is 5.41 Å². The van der Waals surface area contributed by atoms with Crippen molar-refractivity contribution in [3.8, 4) is 0 Å². The maximum atomic E-state index is 11.7. The van der Waals surface area contributed by atoms with Crippen LogP contribution in [-0.2, 0) is 9.53 Å². The van der Waals surface area contributed by atoms with Gasteiger partial charge in [-0.15, -0.1) is 0 Å². The zero-order valence-electron chi connectivity index (χ0n) is 10.6. The van der Waals surface area contributed by atoms with Crippen LogP contribution in [0.3, 0.4) is 0 Å². The third kappa shape index (κ3) is 4.10. The van der Waals surface area contributed by atoms with Gasteiger partial charge in [-0.2, -0.15) is 0 Å². The van der Waals surface area contributed by atoms with E-state index in [2.05, 4.69) is 5.32 Å². The van der Waals surface area contributed by atoms with E-state index in [0.29, 0.717) is 6.54 Å². The second-order valence-electron chi connectivity index (χ2n) is 5.58. The van der Waals surface area contributed by atoms with Gasteiger partial charge >= 0.3 is 0 Å². The fraction of sp³-hybridized carbons (Fsp3) is 0.917. The molecule has 1 rings (SSSR count). The topological polar surface area (TPSA) is 64.4 Å². The Hall–Kier alpha value is -0.610. The number of amides is 1. The molecule has 0 saturated carbocycles. The van der Waals surface area contributed by atoms with Crippen molar-refractivity contribution in [2.24, 2.45) is 11.1 Å². The fourth-order valence-corrected chi connectivity index (χ4v) is 1.69. The standard InChI is InChI=1S/C12H24N2O2/c1-12(2,3)10(13)11(15)14-8-9-6-4-5-7-16-9/h9-10H,4-8,13H2,1-3H3,(H,14,15)/t9?,10-/m0/s1. The largest absolute Gasteiger partial charge is 0.376 e. The Kier molecular flexibility index (Phi) is 4.74. The van der Waals surface area contributed by atoms with Crippen molar-refractivity contribution < 1.29 is 9.53 Å². The highest BCUT2D eigenvalue weighted by Crippen LogP contribution is 2.17. The summed E-state index contributed by atoms with van der Waals surface area (Å²) in [6.45, 7) is 7.30. The van der Waals surface area contributed by atoms with Gasteiger partial charge in [-0.25, -0.2) is 0 Å². The molecule has 0 aromatic rings. The number of carbonyl (C=O) groups excluding carboxylic acids is 1. The maximum Gasteiger partial charge on any atom is 0.237 e. The van der Waals surface area contributed by atoms with Crippen molar-refractivity contribution in [3.63, 3.8) is 0 Å². The first-order chi connectivity index (χ1) is 7.41. The Morgan fingerprint density at radius 1 is 1.50 bits per heavy atom. The van der Waals surface area contributed by atoms with Gasteiger partial charge in [0.25, 0.3) is 0 Å². The van der Waals surface area contributed by atoms with Gasteiger partial charge in [0, 0.05) is 13.2 Å². The summed E-state index contributed by atoms with van der Waals surface area (Å²) in [6.07, 6.45) is 3.52. The number of nitrogens with one attached hydrogen (secondary N) is 1. The number of hydrogen-bond donors (Lipinski definition) is 2. The molecule has 1 aliphatic heterocycles. The average molecular weight is 228 g/mol. The van der Waals surface area contributed by atoms with Crippen molar-refractivity contribution >= 4 is 5.91 Å². The molecule has 1 aliphatic rings. The summed E-state index contributed by atoms with van der Waals surface area (Å²) in [5.74, 6) is -0.0818. The van der Waals surface area contributed by atoms with Crippen LogP contribution in [0.15, 0.2) is 0 Å². The summed E-state index contributed by atoms with van der Waals surface area (Å²) in [6, 6.07) is -0.462. The lowest BCUT2D eigenvalue weighted by Gasteiger charge is -2.28. The summed E-state index contributed by atoms with van der Waals surface area (Å²) >= 11 is 0. The molecule has 0 aromatic heterocycles. The first-order valence-electron chi connectivity index (χ1n) is 6.06. The monoisotopic (exact) mass is 228 g/mol. The Morgan fingerprint density at radius 3 is 2.69 bits per heavy atom. The van der Waals surface area contributed by atoms with Gasteiger partial charge in [0.1, 0.15) is 0 Å². The molecule has 1 unspecified atom stereocenters. The van der Waals surface area contributed by atoms with E-state index in [-0.39, 0.29) is 17.4 Å². The van der Waals surface area contributed by atoms with E-state index in [1.165, 1.54) is 6.42 Å². The van der Waals surface area contributed by atoms with Crippen LogP contribution >= 0.6 is 0 Å². The second-order valence-corrected chi connectivity index (χ2v) is 5.58. The Balaban J connectivity index is 2.29. The third-order valence-electron chi connectivity index (χ3n) is 2.99. The molecule has 2 atom stereocenters. The summed E-state index contributed by atoms with van der Waals surface area (Å²) in [4.78, 5) is 11.7. The van der Waals surface area contributed by atoms with Crippen LogP contribution in [0.4, 0.5) is 0 Å². The highest BCUT2D eigenvalue weighted by molar-refractivity contribution is 5.82. The van der Waals surface area contributed by atoms with Gasteiger partial charge in [0.2, 0.25) is 5.91 Å². The smallest absolute Gasteiger partial charge is 0.237 e. The van der Waals surface area contributed by atoms with Crippen LogP contribution in [-0.4, -0.2) is 31.2 Å². The summed E-state index contributed by atoms with van der Waals surface area (Å²) in [5, 5.41) is 2.87. The lowest BCUT2D eigenvalue weighted by atomic mass is 9.87. The Morgan fingerprint density at radius 2 is 2.19 bits per heavy atom. The number of rotatable bonds is 3. The predicted molar refractivity (Wildman–Crippen MR) is 64.0 cm³/mol. The van der Waals surface area contributed by atoms with Gasteiger partial charge < -0.3 is 15.8 Å². The van der Waals surface area contributed by atoms with Crippen LogP contribution in [0.5, 0.6) is 0 Å². The Labute approximate surface area is 97.9 Å². The highest BCUT2D eigenvalue weighted by atomic mass is 16.5. The first kappa shape index (κ1) is 13.5. The molecule has 94 valence electrons. The molecule has 1 heterocycles. The normalized spacial score (nSPS) is 23.9. The average Bonchev–Trinajstić information content (AvgIpc) is 2.25. The molecule has 0 aromatic carbocycles. The zero-order chi connectivity index (χ0) is 12.2. The molecule has 16 heavy (non-hydrogen) atoms. The van der Waals surface area contributed by atoms with Gasteiger partial charge in [-0.05, 0) is 24.7 Å². The van der Waals surface area contributed by atoms with Crippen LogP contribution in [0.25, 0.3) is 0 Å². The molecule has 4 nitrogen and oxygen atoms in total. The molecule has 0 spiro atoms. The quantitative estimate of drug-likeness (QED) is 0.758. The molecular weight excluding hydrogens is 204 g/mol. The van der Waals surface area contributed by atoms with Crippen molar-refractivity contribution in [2.45, 2.75) is 52.2 Å². The molecular formula is C12H24N2O2. The number of ether oxygens (including phenoxy) is 1. The van der Waals surface area contributed by atoms with Crippen molar-refractivity contribution in [3.05, 3.63) is 0 Å². The lowest BCUT2D eigenvalue weighted by molar-refractivity contribution is -0.125. The minimum atomic E-state index is -0.462. The van der Waals surface area contributed by atoms with E-state index < -0.39 is 6.04 Å². The van der Waals surface area contributed by atoms with Crippen LogP contribution < -0.4 is 11.1 Å². The molecule has 0 radical (unpaired) electrons. The van der Waals surface area contributed by atoms with Crippen molar-refractivity contribution in [2.75, 3.05) is 13.2 Å². The minimum Gasteiger partial charge on any atom is -0.376 e. The molecule has 1 saturated heterocycles. The fourth-order valence-electron chi connectivity index (χ4n) is 1.69. The lowest BCUT2D eigenvalue weighted by Crippen LogP contribution is -2.50. The first-order valence-corrected chi connectivity index (χ1v) is 6.06. The maximum absolute atomic E-state index is 11.7. The molecule has 4 heteroatoms. The van der Waals surface area contributed by atoms with E-state index in [0.717, 1.165) is 19.4 Å². The second kappa shape index (κ2) is 5.64. The van der Waals surface area contributed by atoms with Crippen LogP contribution in [0.1, 0.15) is 40.0 Å². The summed E-state index contributed by atoms with van der Waals surface area (Å²) in [7, 11) is 0. The molecule has 3 N–H and O–H groups in total. The van der Waals surface area contributed by atoms with E-state index in [9.17, 15) is 4.79 Å². The van der Waals surface area contributed by atoms with E-state index in [4.69, 9.17) is 10.5 Å².